The van der Waals surface area contributed by atoms with Gasteiger partial charge < -0.3 is 19.8 Å². The number of benzene rings is 3. The summed E-state index contributed by atoms with van der Waals surface area (Å²) in [6.45, 7) is 7.18. The average molecular weight is 586 g/mol. The summed E-state index contributed by atoms with van der Waals surface area (Å²) in [5.74, 6) is 0. The molecule has 1 fully saturated rings. The maximum atomic E-state index is 13.3. The fourth-order valence-electron chi connectivity index (χ4n) is 5.06. The lowest BCUT2D eigenvalue weighted by Gasteiger charge is -2.37. The molecule has 39 heavy (non-hydrogen) atoms. The summed E-state index contributed by atoms with van der Waals surface area (Å²) in [5, 5.41) is 3.17. The Bertz CT molecular complexity index is 1810. The number of imidazole rings is 1. The average Bonchev–Trinajstić information content (AvgIpc) is 3.45. The number of fused-ring (bicyclic) bond motifs is 1. The van der Waals surface area contributed by atoms with Crippen molar-refractivity contribution in [1.82, 2.24) is 19.7 Å². The number of rotatable bonds is 5. The zero-order valence-corrected chi connectivity index (χ0v) is 23.2. The van der Waals surface area contributed by atoms with Crippen LogP contribution in [0.15, 0.2) is 79.7 Å². The number of para-hydroxylation sites is 1. The second kappa shape index (κ2) is 10.1. The van der Waals surface area contributed by atoms with Gasteiger partial charge in [0.05, 0.1) is 33.7 Å². The predicted octanol–water partition coefficient (Wildman–Crippen LogP) is 4.79. The third kappa shape index (κ3) is 4.83. The van der Waals surface area contributed by atoms with Crippen molar-refractivity contribution < 1.29 is 0 Å². The van der Waals surface area contributed by atoms with Crippen LogP contribution in [0.4, 0.5) is 17.1 Å². The highest BCUT2D eigenvalue weighted by atomic mass is 79.9. The smallest absolute Gasteiger partial charge is 0.323 e. The van der Waals surface area contributed by atoms with Crippen LogP contribution in [0.5, 0.6) is 0 Å². The first-order valence-electron chi connectivity index (χ1n) is 12.8. The third-order valence-corrected chi connectivity index (χ3v) is 8.09. The van der Waals surface area contributed by atoms with E-state index in [0.29, 0.717) is 16.8 Å². The van der Waals surface area contributed by atoms with E-state index in [4.69, 9.17) is 4.99 Å². The van der Waals surface area contributed by atoms with Gasteiger partial charge in [-0.1, -0.05) is 34.1 Å². The van der Waals surface area contributed by atoms with E-state index in [1.807, 2.05) is 50.2 Å². The van der Waals surface area contributed by atoms with Crippen molar-refractivity contribution in [3.8, 4) is 5.69 Å². The van der Waals surface area contributed by atoms with Gasteiger partial charge in [0.2, 0.25) is 0 Å². The molecule has 10 heteroatoms. The Morgan fingerprint density at radius 3 is 2.26 bits per heavy atom. The van der Waals surface area contributed by atoms with Crippen molar-refractivity contribution in [2.45, 2.75) is 13.8 Å². The molecule has 9 nitrogen and oxygen atoms in total. The highest BCUT2D eigenvalue weighted by molar-refractivity contribution is 9.10. The molecule has 0 unspecified atom stereocenters. The molecule has 198 valence electrons. The molecule has 3 N–H and O–H groups in total. The normalized spacial score (nSPS) is 14.1. The lowest BCUT2D eigenvalue weighted by atomic mass is 10.1. The number of anilines is 2. The van der Waals surface area contributed by atoms with Gasteiger partial charge in [-0.2, -0.15) is 0 Å². The van der Waals surface area contributed by atoms with Crippen LogP contribution >= 0.6 is 15.9 Å². The molecular formula is C29H28BrN7O2. The van der Waals surface area contributed by atoms with Gasteiger partial charge in [0.25, 0.3) is 5.56 Å². The van der Waals surface area contributed by atoms with Crippen LogP contribution < -0.4 is 21.0 Å². The van der Waals surface area contributed by atoms with Crippen LogP contribution in [0.25, 0.3) is 16.7 Å². The van der Waals surface area contributed by atoms with Gasteiger partial charge in [-0.3, -0.25) is 14.9 Å². The maximum absolute atomic E-state index is 13.3. The van der Waals surface area contributed by atoms with Crippen LogP contribution in [0.2, 0.25) is 0 Å². The Kier molecular flexibility index (Phi) is 6.48. The molecule has 5 aromatic rings. The lowest BCUT2D eigenvalue weighted by molar-refractivity contribution is 0.654. The monoisotopic (exact) mass is 585 g/mol. The van der Waals surface area contributed by atoms with E-state index < -0.39 is 0 Å². The van der Waals surface area contributed by atoms with E-state index in [1.54, 1.807) is 6.21 Å². The van der Waals surface area contributed by atoms with E-state index in [-0.39, 0.29) is 11.2 Å². The molecular weight excluding hydrogens is 558 g/mol. The summed E-state index contributed by atoms with van der Waals surface area (Å²) < 4.78 is 2.52. The van der Waals surface area contributed by atoms with Gasteiger partial charge in [-0.25, -0.2) is 9.48 Å². The summed E-state index contributed by atoms with van der Waals surface area (Å²) in [6, 6.07) is 20.0. The Labute approximate surface area is 232 Å². The second-order valence-electron chi connectivity index (χ2n) is 9.76. The molecule has 6 rings (SSSR count). The first-order chi connectivity index (χ1) is 18.9. The minimum absolute atomic E-state index is 0.174. The van der Waals surface area contributed by atoms with Crippen molar-refractivity contribution >= 4 is 50.2 Å². The molecule has 1 saturated heterocycles. The number of piperazine rings is 1. The number of nitrogens with one attached hydrogen (secondary N) is 3. The summed E-state index contributed by atoms with van der Waals surface area (Å²) in [6.07, 6.45) is 1.62. The summed E-state index contributed by atoms with van der Waals surface area (Å²) in [5.41, 5.74) is 6.78. The van der Waals surface area contributed by atoms with Crippen LogP contribution in [-0.4, -0.2) is 52.1 Å². The number of nitrogens with zero attached hydrogens (tertiary/aromatic N) is 4. The standard InChI is InChI=1S/C29H28BrN7O2/c1-18-14-21(8-9-23(18)30)37-28(38)22(19(2)34-37)17-31-26-15-24-25(33-29(39)32-24)16-27(26)36-12-10-35(11-13-36)20-6-4-3-5-7-20/h3-9,14-17,34H,10-13H2,1-2H3,(H2,32,33,39). The molecule has 0 radical (unpaired) electrons. The molecule has 2 aromatic heterocycles. The van der Waals surface area contributed by atoms with Crippen LogP contribution in [0, 0.1) is 13.8 Å². The predicted molar refractivity (Wildman–Crippen MR) is 161 cm³/mol. The van der Waals surface area contributed by atoms with E-state index in [9.17, 15) is 9.59 Å². The summed E-state index contributed by atoms with van der Waals surface area (Å²) in [4.78, 5) is 40.5. The maximum Gasteiger partial charge on any atom is 0.323 e. The molecule has 0 bridgehead atoms. The molecule has 1 aliphatic heterocycles. The molecule has 1 aliphatic rings. The number of aromatic nitrogens is 4. The van der Waals surface area contributed by atoms with Crippen LogP contribution in [0.3, 0.4) is 0 Å². The Balaban J connectivity index is 1.34. The topological polar surface area (TPSA) is 105 Å². The fourth-order valence-corrected chi connectivity index (χ4v) is 5.30. The third-order valence-electron chi connectivity index (χ3n) is 7.20. The number of H-pyrrole nitrogens is 3. The lowest BCUT2D eigenvalue weighted by Crippen LogP contribution is -2.46. The van der Waals surface area contributed by atoms with Crippen molar-refractivity contribution in [3.05, 3.63) is 103 Å². The SMILES string of the molecule is Cc1cc(-n2[nH]c(C)c(C=Nc3cc4[nH]c(=O)[nH]c4cc3N3CCN(c4ccccc4)CC3)c2=O)ccc1Br. The van der Waals surface area contributed by atoms with Gasteiger partial charge in [0.15, 0.2) is 0 Å². The van der Waals surface area contributed by atoms with Crippen molar-refractivity contribution in [1.29, 1.82) is 0 Å². The van der Waals surface area contributed by atoms with Crippen LogP contribution in [0.1, 0.15) is 16.8 Å². The number of halogens is 1. The van der Waals surface area contributed by atoms with Gasteiger partial charge in [-0.15, -0.1) is 0 Å². The molecule has 0 amide bonds. The number of hydrogen-bond acceptors (Lipinski definition) is 5. The highest BCUT2D eigenvalue weighted by Gasteiger charge is 2.21. The Morgan fingerprint density at radius 2 is 1.54 bits per heavy atom. The Hall–Kier alpha value is -4.31. The number of aryl methyl sites for hydroxylation is 2. The van der Waals surface area contributed by atoms with E-state index in [0.717, 1.165) is 58.8 Å². The molecule has 0 atom stereocenters. The van der Waals surface area contributed by atoms with E-state index in [2.05, 4.69) is 65.1 Å². The van der Waals surface area contributed by atoms with Gasteiger partial charge in [-0.05, 0) is 61.9 Å². The quantitative estimate of drug-likeness (QED) is 0.258. The molecule has 3 heterocycles. The van der Waals surface area contributed by atoms with Crippen LogP contribution in [-0.2, 0) is 0 Å². The fraction of sp³-hybridized carbons (Fsp3) is 0.207. The van der Waals surface area contributed by atoms with Gasteiger partial charge in [0.1, 0.15) is 0 Å². The minimum atomic E-state index is -0.264. The number of hydrogen-bond donors (Lipinski definition) is 3. The first-order valence-corrected chi connectivity index (χ1v) is 13.6. The van der Waals surface area contributed by atoms with Gasteiger partial charge >= 0.3 is 5.69 Å². The molecule has 0 spiro atoms. The Morgan fingerprint density at radius 1 is 0.846 bits per heavy atom. The van der Waals surface area contributed by atoms with Crippen molar-refractivity contribution in [2.24, 2.45) is 4.99 Å². The molecule has 0 saturated carbocycles. The van der Waals surface area contributed by atoms with Crippen molar-refractivity contribution in [3.63, 3.8) is 0 Å². The van der Waals surface area contributed by atoms with E-state index >= 15 is 0 Å². The number of aliphatic imine (C=N–C) groups is 1. The summed E-state index contributed by atoms with van der Waals surface area (Å²) >= 11 is 3.51. The minimum Gasteiger partial charge on any atom is -0.368 e. The number of aromatic amines is 3. The summed E-state index contributed by atoms with van der Waals surface area (Å²) in [7, 11) is 0. The largest absolute Gasteiger partial charge is 0.368 e. The second-order valence-corrected chi connectivity index (χ2v) is 10.6. The molecule has 0 aliphatic carbocycles. The molecule has 3 aromatic carbocycles. The zero-order chi connectivity index (χ0) is 27.1. The van der Waals surface area contributed by atoms with E-state index in [1.165, 1.54) is 10.4 Å². The highest BCUT2D eigenvalue weighted by Crippen LogP contribution is 2.33. The first kappa shape index (κ1) is 25.0. The van der Waals surface area contributed by atoms with Crippen molar-refractivity contribution in [2.75, 3.05) is 36.0 Å². The zero-order valence-electron chi connectivity index (χ0n) is 21.7. The van der Waals surface area contributed by atoms with Gasteiger partial charge in [0, 0.05) is 48.2 Å².